The summed E-state index contributed by atoms with van der Waals surface area (Å²) in [7, 11) is -3.57. The van der Waals surface area contributed by atoms with E-state index >= 15 is 0 Å². The lowest BCUT2D eigenvalue weighted by molar-refractivity contribution is 0.666. The molecule has 39 heavy (non-hydrogen) atoms. The summed E-state index contributed by atoms with van der Waals surface area (Å²) < 4.78 is 0. The van der Waals surface area contributed by atoms with E-state index in [2.05, 4.69) is 126 Å². The predicted octanol–water partition coefficient (Wildman–Crippen LogP) is 12.8. The van der Waals surface area contributed by atoms with Crippen LogP contribution < -0.4 is 0 Å². The molecule has 0 aliphatic heterocycles. The zero-order valence-electron chi connectivity index (χ0n) is 29.0. The highest BCUT2D eigenvalue weighted by molar-refractivity contribution is 6.91. The summed E-state index contributed by atoms with van der Waals surface area (Å²) in [5.41, 5.74) is 18.3. The van der Waals surface area contributed by atoms with Crippen molar-refractivity contribution in [2.24, 2.45) is 0 Å². The fraction of sp³-hybridized carbons (Fsp3) is 0.811. The molecule has 0 bridgehead atoms. The van der Waals surface area contributed by atoms with Gasteiger partial charge in [-0.1, -0.05) is 153 Å². The molecular formula is C37H68Si2. The highest BCUT2D eigenvalue weighted by atomic mass is 28.3. The second-order valence-corrected chi connectivity index (χ2v) is 25.2. The van der Waals surface area contributed by atoms with Crippen molar-refractivity contribution in [3.63, 3.8) is 0 Å². The van der Waals surface area contributed by atoms with Crippen LogP contribution in [0.5, 0.6) is 0 Å². The summed E-state index contributed by atoms with van der Waals surface area (Å²) in [5.74, 6) is 7.64. The highest BCUT2D eigenvalue weighted by Gasteiger charge is 2.42. The van der Waals surface area contributed by atoms with E-state index < -0.39 is 16.1 Å². The fourth-order valence-corrected chi connectivity index (χ4v) is 17.7. The molecule has 0 amide bonds. The SMILES string of the molecule is CCCCCCC(=C=C(C#C[Si](C(C)C)(C(C)C)C(C)C)CCCCCC)C#C[Si](C(C)C)(C(C)C)C(C)C. The largest absolute Gasteiger partial charge is 0.146 e. The quantitative estimate of drug-likeness (QED) is 0.0751. The van der Waals surface area contributed by atoms with Crippen molar-refractivity contribution in [1.29, 1.82) is 0 Å². The Hall–Kier alpha value is -0.926. The molecule has 0 aromatic carbocycles. The van der Waals surface area contributed by atoms with E-state index in [4.69, 9.17) is 0 Å². The number of unbranched alkanes of at least 4 members (excludes halogenated alkanes) is 6. The summed E-state index contributed by atoms with van der Waals surface area (Å²) in [5, 5.41) is 0. The first-order chi connectivity index (χ1) is 18.2. The van der Waals surface area contributed by atoms with E-state index in [1.807, 2.05) is 0 Å². The van der Waals surface area contributed by atoms with Gasteiger partial charge in [0, 0.05) is 11.1 Å². The lowest BCUT2D eigenvalue weighted by atomic mass is 10.0. The van der Waals surface area contributed by atoms with Crippen LogP contribution >= 0.6 is 0 Å². The Balaban J connectivity index is 7.14. The Labute approximate surface area is 249 Å². The number of allylic oxidation sites excluding steroid dienone is 1. The van der Waals surface area contributed by atoms with Crippen LogP contribution in [0.15, 0.2) is 16.9 Å². The Morgan fingerprint density at radius 3 is 0.949 bits per heavy atom. The smallest absolute Gasteiger partial charge is 0.125 e. The average molecular weight is 569 g/mol. The van der Waals surface area contributed by atoms with Gasteiger partial charge in [-0.05, 0) is 58.9 Å². The molecular weight excluding hydrogens is 501 g/mol. The first-order valence-electron chi connectivity index (χ1n) is 16.8. The summed E-state index contributed by atoms with van der Waals surface area (Å²) in [4.78, 5) is 0. The minimum Gasteiger partial charge on any atom is -0.125 e. The van der Waals surface area contributed by atoms with Gasteiger partial charge in [0.05, 0.1) is 0 Å². The first-order valence-corrected chi connectivity index (χ1v) is 21.2. The molecule has 0 aromatic heterocycles. The third-order valence-corrected chi connectivity index (χ3v) is 22.0. The van der Waals surface area contributed by atoms with Gasteiger partial charge in [-0.15, -0.1) is 11.1 Å². The minimum absolute atomic E-state index is 0.651. The number of hydrogen-bond donors (Lipinski definition) is 0. The molecule has 0 nitrogen and oxygen atoms in total. The summed E-state index contributed by atoms with van der Waals surface area (Å²) in [6.07, 6.45) is 12.2. The second kappa shape index (κ2) is 19.2. The molecule has 0 spiro atoms. The van der Waals surface area contributed by atoms with E-state index in [0.717, 1.165) is 12.8 Å². The third-order valence-electron chi connectivity index (χ3n) is 9.45. The van der Waals surface area contributed by atoms with Crippen molar-refractivity contribution < 1.29 is 0 Å². The van der Waals surface area contributed by atoms with E-state index in [0.29, 0.717) is 33.2 Å². The van der Waals surface area contributed by atoms with Gasteiger partial charge in [0.25, 0.3) is 0 Å². The molecule has 0 atom stereocenters. The van der Waals surface area contributed by atoms with Crippen molar-refractivity contribution in [3.05, 3.63) is 16.9 Å². The monoisotopic (exact) mass is 568 g/mol. The second-order valence-electron chi connectivity index (χ2n) is 14.0. The molecule has 0 saturated heterocycles. The van der Waals surface area contributed by atoms with Crippen molar-refractivity contribution in [3.8, 4) is 22.9 Å². The van der Waals surface area contributed by atoms with Gasteiger partial charge in [-0.25, -0.2) is 0 Å². The Kier molecular flexibility index (Phi) is 18.8. The van der Waals surface area contributed by atoms with Crippen molar-refractivity contribution >= 4 is 16.1 Å². The minimum atomic E-state index is -1.79. The lowest BCUT2D eigenvalue weighted by Gasteiger charge is -2.38. The van der Waals surface area contributed by atoms with Crippen molar-refractivity contribution in [2.45, 2.75) is 194 Å². The van der Waals surface area contributed by atoms with Crippen LogP contribution in [-0.2, 0) is 0 Å². The van der Waals surface area contributed by atoms with Gasteiger partial charge in [-0.3, -0.25) is 0 Å². The van der Waals surface area contributed by atoms with Gasteiger partial charge < -0.3 is 0 Å². The molecule has 0 fully saturated rings. The zero-order valence-corrected chi connectivity index (χ0v) is 31.0. The topological polar surface area (TPSA) is 0 Å². The van der Waals surface area contributed by atoms with E-state index in [-0.39, 0.29) is 0 Å². The van der Waals surface area contributed by atoms with E-state index in [9.17, 15) is 0 Å². The van der Waals surface area contributed by atoms with Crippen molar-refractivity contribution in [2.75, 3.05) is 0 Å². The zero-order chi connectivity index (χ0) is 30.2. The molecule has 224 valence electrons. The molecule has 0 radical (unpaired) electrons. The van der Waals surface area contributed by atoms with Crippen LogP contribution in [0.3, 0.4) is 0 Å². The predicted molar refractivity (Wildman–Crippen MR) is 186 cm³/mol. The summed E-state index contributed by atoms with van der Waals surface area (Å²) in [6.45, 7) is 33.6. The van der Waals surface area contributed by atoms with Gasteiger partial charge in [0.1, 0.15) is 16.1 Å². The maximum Gasteiger partial charge on any atom is 0.146 e. The van der Waals surface area contributed by atoms with Gasteiger partial charge in [0.2, 0.25) is 0 Å². The van der Waals surface area contributed by atoms with Crippen LogP contribution in [0, 0.1) is 22.9 Å². The van der Waals surface area contributed by atoms with Crippen molar-refractivity contribution in [1.82, 2.24) is 0 Å². The third kappa shape index (κ3) is 11.5. The summed E-state index contributed by atoms with van der Waals surface area (Å²) in [6, 6.07) is 0. The lowest BCUT2D eigenvalue weighted by Crippen LogP contribution is -2.43. The molecule has 0 N–H and O–H groups in total. The fourth-order valence-electron chi connectivity index (χ4n) is 7.19. The van der Waals surface area contributed by atoms with Gasteiger partial charge >= 0.3 is 0 Å². The molecule has 0 heterocycles. The molecule has 2 heteroatoms. The van der Waals surface area contributed by atoms with Crippen LogP contribution in [-0.4, -0.2) is 16.1 Å². The molecule has 0 unspecified atom stereocenters. The van der Waals surface area contributed by atoms with Crippen LogP contribution in [0.1, 0.15) is 161 Å². The van der Waals surface area contributed by atoms with Gasteiger partial charge in [-0.2, -0.15) is 0 Å². The van der Waals surface area contributed by atoms with Crippen LogP contribution in [0.25, 0.3) is 0 Å². The molecule has 0 rings (SSSR count). The molecule has 0 saturated carbocycles. The Morgan fingerprint density at radius 1 is 0.436 bits per heavy atom. The van der Waals surface area contributed by atoms with Crippen LogP contribution in [0.2, 0.25) is 33.2 Å². The average Bonchev–Trinajstić information content (AvgIpc) is 2.83. The Bertz CT molecular complexity index is 756. The van der Waals surface area contributed by atoms with E-state index in [1.165, 1.54) is 62.5 Å². The number of hydrogen-bond acceptors (Lipinski definition) is 0. The van der Waals surface area contributed by atoms with Gasteiger partial charge in [0.15, 0.2) is 0 Å². The molecule has 0 aliphatic carbocycles. The van der Waals surface area contributed by atoms with Crippen LogP contribution in [0.4, 0.5) is 0 Å². The standard InChI is InChI=1S/C37H68Si2/c1-15-17-19-21-23-36(25-27-38(30(3)4,31(5)6)32(7)8)29-37(24-22-20-18-16-2)26-28-39(33(9)10,34(11)12)35(13)14/h30-35H,15-24H2,1-14H3. The number of rotatable bonds is 16. The Morgan fingerprint density at radius 2 is 0.718 bits per heavy atom. The summed E-state index contributed by atoms with van der Waals surface area (Å²) >= 11 is 0. The maximum absolute atomic E-state index is 4.02. The molecule has 0 aliphatic rings. The highest BCUT2D eigenvalue weighted by Crippen LogP contribution is 2.42. The normalized spacial score (nSPS) is 12.2. The maximum atomic E-state index is 4.02. The molecule has 0 aromatic rings. The first kappa shape index (κ1) is 38.1. The van der Waals surface area contributed by atoms with E-state index in [1.54, 1.807) is 0 Å².